The number of hydrogen-bond acceptors (Lipinski definition) is 3. The summed E-state index contributed by atoms with van der Waals surface area (Å²) in [7, 11) is 0. The Morgan fingerprint density at radius 1 is 1.70 bits per heavy atom. The Labute approximate surface area is 60.3 Å². The van der Waals surface area contributed by atoms with E-state index in [0.717, 1.165) is 6.42 Å². The van der Waals surface area contributed by atoms with Crippen molar-refractivity contribution in [3.05, 3.63) is 0 Å². The van der Waals surface area contributed by atoms with Gasteiger partial charge in [0.1, 0.15) is 0 Å². The molecule has 1 saturated heterocycles. The fourth-order valence-corrected chi connectivity index (χ4v) is 0.970. The monoisotopic (exact) mass is 144 g/mol. The lowest BCUT2D eigenvalue weighted by Crippen LogP contribution is -2.52. The van der Waals surface area contributed by atoms with Crippen molar-refractivity contribution in [2.45, 2.75) is 25.9 Å². The Morgan fingerprint density at radius 3 is 2.40 bits per heavy atom. The molecule has 0 aromatic rings. The summed E-state index contributed by atoms with van der Waals surface area (Å²) in [4.78, 5) is 10.5. The quantitative estimate of drug-likeness (QED) is 0.536. The summed E-state index contributed by atoms with van der Waals surface area (Å²) in [5, 5.41) is 0. The third-order valence-corrected chi connectivity index (χ3v) is 1.73. The minimum Gasteiger partial charge on any atom is -0.454 e. The third-order valence-electron chi connectivity index (χ3n) is 1.73. The Morgan fingerprint density at radius 2 is 2.30 bits per heavy atom. The zero-order valence-electron chi connectivity index (χ0n) is 6.35. The number of hydrogen-bond donors (Lipinski definition) is 0. The van der Waals surface area contributed by atoms with Crippen molar-refractivity contribution in [1.29, 1.82) is 0 Å². The second-order valence-electron chi connectivity index (χ2n) is 2.62. The van der Waals surface area contributed by atoms with Crippen molar-refractivity contribution in [2.75, 3.05) is 13.2 Å². The van der Waals surface area contributed by atoms with Crippen LogP contribution in [-0.4, -0.2) is 24.8 Å². The van der Waals surface area contributed by atoms with Gasteiger partial charge in [-0.2, -0.15) is 0 Å². The van der Waals surface area contributed by atoms with E-state index in [1.807, 2.05) is 6.92 Å². The van der Waals surface area contributed by atoms with Gasteiger partial charge >= 0.3 is 5.97 Å². The van der Waals surface area contributed by atoms with Crippen LogP contribution in [0.5, 0.6) is 0 Å². The highest BCUT2D eigenvalue weighted by Gasteiger charge is 2.39. The van der Waals surface area contributed by atoms with Crippen LogP contribution >= 0.6 is 0 Å². The van der Waals surface area contributed by atoms with E-state index in [9.17, 15) is 4.79 Å². The van der Waals surface area contributed by atoms with E-state index in [1.165, 1.54) is 6.92 Å². The van der Waals surface area contributed by atoms with E-state index in [0.29, 0.717) is 13.2 Å². The first-order valence-electron chi connectivity index (χ1n) is 3.46. The summed E-state index contributed by atoms with van der Waals surface area (Å²) >= 11 is 0. The normalized spacial score (nSPS) is 21.4. The van der Waals surface area contributed by atoms with Crippen LogP contribution < -0.4 is 0 Å². The minimum absolute atomic E-state index is 0.217. The Hall–Kier alpha value is -0.570. The van der Waals surface area contributed by atoms with Crippen LogP contribution in [0.2, 0.25) is 0 Å². The van der Waals surface area contributed by atoms with Crippen molar-refractivity contribution in [2.24, 2.45) is 0 Å². The summed E-state index contributed by atoms with van der Waals surface area (Å²) in [5.74, 6) is -0.217. The fraction of sp³-hybridized carbons (Fsp3) is 0.857. The number of carbonyl (C=O) groups is 1. The second-order valence-corrected chi connectivity index (χ2v) is 2.62. The lowest BCUT2D eigenvalue weighted by molar-refractivity contribution is -0.212. The topological polar surface area (TPSA) is 35.5 Å². The molecule has 1 aliphatic heterocycles. The lowest BCUT2D eigenvalue weighted by atomic mass is 9.99. The smallest absolute Gasteiger partial charge is 0.303 e. The van der Waals surface area contributed by atoms with Gasteiger partial charge in [0.25, 0.3) is 0 Å². The van der Waals surface area contributed by atoms with Crippen LogP contribution in [0.15, 0.2) is 0 Å². The first-order valence-corrected chi connectivity index (χ1v) is 3.46. The van der Waals surface area contributed by atoms with Gasteiger partial charge in [-0.3, -0.25) is 4.79 Å². The third kappa shape index (κ3) is 1.29. The van der Waals surface area contributed by atoms with Gasteiger partial charge in [0, 0.05) is 6.92 Å². The van der Waals surface area contributed by atoms with Gasteiger partial charge in [-0.1, -0.05) is 6.92 Å². The average Bonchev–Trinajstić information content (AvgIpc) is 1.78. The summed E-state index contributed by atoms with van der Waals surface area (Å²) in [6.07, 6.45) is 0.840. The molecule has 3 heteroatoms. The molecule has 0 saturated carbocycles. The summed E-state index contributed by atoms with van der Waals surface area (Å²) in [5.41, 5.74) is -0.286. The van der Waals surface area contributed by atoms with Crippen LogP contribution in [-0.2, 0) is 14.3 Å². The molecule has 0 unspecified atom stereocenters. The maximum atomic E-state index is 10.5. The van der Waals surface area contributed by atoms with Gasteiger partial charge in [-0.15, -0.1) is 0 Å². The highest BCUT2D eigenvalue weighted by Crippen LogP contribution is 2.25. The molecule has 58 valence electrons. The molecule has 0 atom stereocenters. The van der Waals surface area contributed by atoms with Crippen LogP contribution in [0.1, 0.15) is 20.3 Å². The first-order chi connectivity index (χ1) is 4.68. The molecule has 0 bridgehead atoms. The molecule has 1 aliphatic rings. The highest BCUT2D eigenvalue weighted by atomic mass is 16.6. The van der Waals surface area contributed by atoms with E-state index in [2.05, 4.69) is 0 Å². The van der Waals surface area contributed by atoms with Gasteiger partial charge in [-0.05, 0) is 6.42 Å². The number of ether oxygens (including phenoxy) is 2. The van der Waals surface area contributed by atoms with Crippen LogP contribution in [0.25, 0.3) is 0 Å². The van der Waals surface area contributed by atoms with Crippen molar-refractivity contribution in [3.63, 3.8) is 0 Å². The van der Waals surface area contributed by atoms with Crippen LogP contribution in [0, 0.1) is 0 Å². The number of esters is 1. The molecule has 1 heterocycles. The second kappa shape index (κ2) is 2.58. The van der Waals surface area contributed by atoms with Crippen molar-refractivity contribution in [1.82, 2.24) is 0 Å². The molecule has 0 aliphatic carbocycles. The molecule has 0 spiro atoms. The molecule has 0 aromatic heterocycles. The molecular weight excluding hydrogens is 132 g/mol. The molecule has 10 heavy (non-hydrogen) atoms. The van der Waals surface area contributed by atoms with E-state index in [-0.39, 0.29) is 11.6 Å². The SMILES string of the molecule is CCC1(OC(C)=O)COC1. The van der Waals surface area contributed by atoms with Gasteiger partial charge in [-0.25, -0.2) is 0 Å². The summed E-state index contributed by atoms with van der Waals surface area (Å²) in [6, 6.07) is 0. The largest absolute Gasteiger partial charge is 0.454 e. The Bertz CT molecular complexity index is 132. The molecular formula is C7H12O3. The molecule has 1 fully saturated rings. The molecule has 0 radical (unpaired) electrons. The Kier molecular flexibility index (Phi) is 1.94. The van der Waals surface area contributed by atoms with Crippen LogP contribution in [0.4, 0.5) is 0 Å². The first kappa shape index (κ1) is 7.54. The Balaban J connectivity index is 2.40. The maximum absolute atomic E-state index is 10.5. The molecule has 3 nitrogen and oxygen atoms in total. The van der Waals surface area contributed by atoms with Gasteiger partial charge < -0.3 is 9.47 Å². The van der Waals surface area contributed by atoms with E-state index < -0.39 is 0 Å². The zero-order valence-corrected chi connectivity index (χ0v) is 6.35. The van der Waals surface area contributed by atoms with Crippen molar-refractivity contribution < 1.29 is 14.3 Å². The predicted molar refractivity (Wildman–Crippen MR) is 35.6 cm³/mol. The van der Waals surface area contributed by atoms with E-state index in [1.54, 1.807) is 0 Å². The zero-order chi connectivity index (χ0) is 7.61. The average molecular weight is 144 g/mol. The fourth-order valence-electron chi connectivity index (χ4n) is 0.970. The lowest BCUT2D eigenvalue weighted by Gasteiger charge is -2.39. The van der Waals surface area contributed by atoms with Crippen molar-refractivity contribution >= 4 is 5.97 Å². The minimum atomic E-state index is -0.286. The number of carbonyl (C=O) groups excluding carboxylic acids is 1. The number of rotatable bonds is 2. The standard InChI is InChI=1S/C7H12O3/c1-3-7(4-9-5-7)10-6(2)8/h3-5H2,1-2H3. The predicted octanol–water partition coefficient (Wildman–Crippen LogP) is 0.728. The molecule has 0 aromatic carbocycles. The van der Waals surface area contributed by atoms with Gasteiger partial charge in [0.2, 0.25) is 0 Å². The van der Waals surface area contributed by atoms with E-state index in [4.69, 9.17) is 9.47 Å². The molecule has 0 amide bonds. The highest BCUT2D eigenvalue weighted by molar-refractivity contribution is 5.66. The molecule has 1 rings (SSSR count). The van der Waals surface area contributed by atoms with Gasteiger partial charge in [0.15, 0.2) is 5.60 Å². The summed E-state index contributed by atoms with van der Waals surface area (Å²) in [6.45, 7) is 4.54. The maximum Gasteiger partial charge on any atom is 0.303 e. The van der Waals surface area contributed by atoms with E-state index >= 15 is 0 Å². The van der Waals surface area contributed by atoms with Gasteiger partial charge in [0.05, 0.1) is 13.2 Å². The molecule has 0 N–H and O–H groups in total. The van der Waals surface area contributed by atoms with Crippen molar-refractivity contribution in [3.8, 4) is 0 Å². The summed E-state index contributed by atoms with van der Waals surface area (Å²) < 4.78 is 10.0. The van der Waals surface area contributed by atoms with Crippen LogP contribution in [0.3, 0.4) is 0 Å².